The minimum absolute atomic E-state index is 0.0914. The molecule has 32 heavy (non-hydrogen) atoms. The lowest BCUT2D eigenvalue weighted by atomic mass is 10.0. The largest absolute Gasteiger partial charge is 0.497 e. The third kappa shape index (κ3) is 6.86. The van der Waals surface area contributed by atoms with Crippen LogP contribution in [0.25, 0.3) is 0 Å². The fourth-order valence-corrected chi connectivity index (χ4v) is 3.41. The summed E-state index contributed by atoms with van der Waals surface area (Å²) in [6, 6.07) is 12.0. The number of nitrogens with two attached hydrogens (primary N) is 1. The van der Waals surface area contributed by atoms with Gasteiger partial charge >= 0.3 is 0 Å². The summed E-state index contributed by atoms with van der Waals surface area (Å²) in [6.07, 6.45) is -0.733. The fourth-order valence-electron chi connectivity index (χ4n) is 3.41. The van der Waals surface area contributed by atoms with E-state index >= 15 is 0 Å². The molecule has 0 saturated heterocycles. The van der Waals surface area contributed by atoms with Gasteiger partial charge in [0.1, 0.15) is 23.2 Å². The number of aromatic nitrogens is 2. The number of nitrogens with zero attached hydrogens (tertiary/aromatic N) is 2. The normalized spacial score (nSPS) is 12.9. The minimum atomic E-state index is -0.900. The Kier molecular flexibility index (Phi) is 7.91. The molecule has 2 atom stereocenters. The van der Waals surface area contributed by atoms with Crippen LogP contribution in [0.2, 0.25) is 0 Å². The van der Waals surface area contributed by atoms with Crippen molar-refractivity contribution >= 4 is 11.8 Å². The van der Waals surface area contributed by atoms with Crippen molar-refractivity contribution in [2.24, 2.45) is 0 Å². The van der Waals surface area contributed by atoms with Gasteiger partial charge in [-0.1, -0.05) is 12.1 Å². The number of aliphatic hydroxyl groups is 1. The maximum Gasteiger partial charge on any atom is 0.222 e. The van der Waals surface area contributed by atoms with Crippen molar-refractivity contribution < 1.29 is 18.6 Å². The van der Waals surface area contributed by atoms with E-state index in [1.165, 1.54) is 12.1 Å². The van der Waals surface area contributed by atoms with Crippen LogP contribution in [0.1, 0.15) is 16.8 Å². The number of hydrogen-bond donors (Lipinski definition) is 4. The maximum atomic E-state index is 13.7. The van der Waals surface area contributed by atoms with Gasteiger partial charge < -0.3 is 26.2 Å². The molecule has 5 N–H and O–H groups in total. The van der Waals surface area contributed by atoms with Gasteiger partial charge in [0, 0.05) is 30.9 Å². The molecule has 9 heteroatoms. The van der Waals surface area contributed by atoms with E-state index in [2.05, 4.69) is 20.6 Å². The van der Waals surface area contributed by atoms with Crippen LogP contribution in [0.4, 0.5) is 20.5 Å². The van der Waals surface area contributed by atoms with Crippen LogP contribution in [-0.2, 0) is 13.0 Å². The minimum Gasteiger partial charge on any atom is -0.497 e. The molecule has 2 aromatic carbocycles. The molecular formula is C23H27F2N5O2. The topological polar surface area (TPSA) is 105 Å². The number of hydrogen-bond acceptors (Lipinski definition) is 7. The Hall–Kier alpha value is -3.30. The molecule has 3 aromatic rings. The zero-order valence-electron chi connectivity index (χ0n) is 18.0. The average Bonchev–Trinajstić information content (AvgIpc) is 2.72. The van der Waals surface area contributed by atoms with E-state index in [0.29, 0.717) is 23.6 Å². The summed E-state index contributed by atoms with van der Waals surface area (Å²) in [7, 11) is 1.60. The van der Waals surface area contributed by atoms with Gasteiger partial charge in [-0.05, 0) is 48.7 Å². The molecule has 0 aliphatic rings. The Bertz CT molecular complexity index is 957. The highest BCUT2D eigenvalue weighted by Crippen LogP contribution is 2.17. The van der Waals surface area contributed by atoms with Gasteiger partial charge in [-0.25, -0.2) is 13.8 Å². The fraction of sp³-hybridized carbons (Fsp3) is 0.304. The summed E-state index contributed by atoms with van der Waals surface area (Å²) >= 11 is 0. The van der Waals surface area contributed by atoms with Crippen LogP contribution in [0.5, 0.6) is 5.75 Å². The van der Waals surface area contributed by atoms with Crippen LogP contribution in [0.3, 0.4) is 0 Å². The predicted octanol–water partition coefficient (Wildman–Crippen LogP) is 2.83. The first-order valence-corrected chi connectivity index (χ1v) is 10.2. The van der Waals surface area contributed by atoms with Crippen molar-refractivity contribution in [1.29, 1.82) is 0 Å². The highest BCUT2D eigenvalue weighted by Gasteiger charge is 2.21. The van der Waals surface area contributed by atoms with E-state index in [4.69, 9.17) is 10.5 Å². The second kappa shape index (κ2) is 10.8. The molecular weight excluding hydrogens is 416 g/mol. The molecule has 1 aromatic heterocycles. The molecule has 0 aliphatic carbocycles. The summed E-state index contributed by atoms with van der Waals surface area (Å²) in [5, 5.41) is 17.2. The lowest BCUT2D eigenvalue weighted by molar-refractivity contribution is 0.148. The number of ether oxygens (including phenoxy) is 1. The number of benzene rings is 2. The van der Waals surface area contributed by atoms with E-state index in [1.807, 2.05) is 24.3 Å². The Morgan fingerprint density at radius 3 is 2.50 bits per heavy atom. The number of aliphatic hydroxyl groups excluding tert-OH is 1. The Labute approximate surface area is 185 Å². The third-order valence-electron chi connectivity index (χ3n) is 4.86. The van der Waals surface area contributed by atoms with Crippen molar-refractivity contribution in [2.75, 3.05) is 24.7 Å². The molecule has 0 aliphatic heterocycles. The van der Waals surface area contributed by atoms with E-state index in [1.54, 1.807) is 20.1 Å². The number of methoxy groups -OCH3 is 1. The second-order valence-corrected chi connectivity index (χ2v) is 7.54. The summed E-state index contributed by atoms with van der Waals surface area (Å²) in [5.41, 5.74) is 7.78. The third-order valence-corrected chi connectivity index (χ3v) is 4.86. The number of anilines is 2. The average molecular weight is 443 g/mol. The Balaban J connectivity index is 1.72. The van der Waals surface area contributed by atoms with Gasteiger partial charge in [-0.3, -0.25) is 0 Å². The highest BCUT2D eigenvalue weighted by molar-refractivity contribution is 5.42. The van der Waals surface area contributed by atoms with Gasteiger partial charge in [0.2, 0.25) is 5.95 Å². The first-order valence-electron chi connectivity index (χ1n) is 10.2. The van der Waals surface area contributed by atoms with Gasteiger partial charge in [-0.15, -0.1) is 0 Å². The second-order valence-electron chi connectivity index (χ2n) is 7.54. The van der Waals surface area contributed by atoms with Crippen molar-refractivity contribution in [3.8, 4) is 5.75 Å². The molecule has 0 unspecified atom stereocenters. The molecule has 0 saturated carbocycles. The number of nitrogen functional groups attached to an aromatic ring is 1. The summed E-state index contributed by atoms with van der Waals surface area (Å²) in [5.74, 6) is -0.0929. The van der Waals surface area contributed by atoms with E-state index < -0.39 is 23.8 Å². The van der Waals surface area contributed by atoms with Crippen LogP contribution in [0, 0.1) is 18.6 Å². The van der Waals surface area contributed by atoms with E-state index in [-0.39, 0.29) is 18.9 Å². The first-order chi connectivity index (χ1) is 15.3. The zero-order valence-corrected chi connectivity index (χ0v) is 18.0. The molecule has 1 heterocycles. The molecule has 170 valence electrons. The molecule has 3 rings (SSSR count). The predicted molar refractivity (Wildman–Crippen MR) is 119 cm³/mol. The van der Waals surface area contributed by atoms with Crippen LogP contribution in [0.15, 0.2) is 48.5 Å². The first kappa shape index (κ1) is 23.4. The SMILES string of the molecule is COc1cccc(CNC[C@@H](O)[C@H](Cc2cc(F)cc(F)c2)Nc2cc(C)nc(N)n2)c1. The Morgan fingerprint density at radius 1 is 1.06 bits per heavy atom. The maximum absolute atomic E-state index is 13.7. The summed E-state index contributed by atoms with van der Waals surface area (Å²) < 4.78 is 32.6. The van der Waals surface area contributed by atoms with Crippen molar-refractivity contribution in [2.45, 2.75) is 32.0 Å². The van der Waals surface area contributed by atoms with E-state index in [9.17, 15) is 13.9 Å². The van der Waals surface area contributed by atoms with Crippen molar-refractivity contribution in [3.63, 3.8) is 0 Å². The number of aryl methyl sites for hydroxylation is 1. The molecule has 0 radical (unpaired) electrons. The smallest absolute Gasteiger partial charge is 0.222 e. The monoisotopic (exact) mass is 443 g/mol. The molecule has 0 spiro atoms. The van der Waals surface area contributed by atoms with Crippen LogP contribution >= 0.6 is 0 Å². The number of halogens is 2. The zero-order chi connectivity index (χ0) is 23.1. The summed E-state index contributed by atoms with van der Waals surface area (Å²) in [6.45, 7) is 2.51. The molecule has 7 nitrogen and oxygen atoms in total. The van der Waals surface area contributed by atoms with Crippen LogP contribution in [-0.4, -0.2) is 40.9 Å². The van der Waals surface area contributed by atoms with Crippen molar-refractivity contribution in [1.82, 2.24) is 15.3 Å². The number of nitrogens with one attached hydrogen (secondary N) is 2. The lowest BCUT2D eigenvalue weighted by Crippen LogP contribution is -2.42. The highest BCUT2D eigenvalue weighted by atomic mass is 19.1. The van der Waals surface area contributed by atoms with Gasteiger partial charge in [0.15, 0.2) is 0 Å². The quantitative estimate of drug-likeness (QED) is 0.382. The van der Waals surface area contributed by atoms with Crippen molar-refractivity contribution in [3.05, 3.63) is 77.0 Å². The number of rotatable bonds is 10. The molecule has 0 amide bonds. The van der Waals surface area contributed by atoms with Gasteiger partial charge in [0.25, 0.3) is 0 Å². The molecule has 0 bridgehead atoms. The van der Waals surface area contributed by atoms with Gasteiger partial charge in [-0.2, -0.15) is 4.98 Å². The summed E-state index contributed by atoms with van der Waals surface area (Å²) in [4.78, 5) is 8.18. The molecule has 0 fully saturated rings. The lowest BCUT2D eigenvalue weighted by Gasteiger charge is -2.25. The standard InChI is InChI=1S/C23H27F2N5O2/c1-14-6-22(30-23(26)28-14)29-20(10-16-7-17(24)11-18(25)8-16)21(31)13-27-12-15-4-3-5-19(9-15)32-2/h3-9,11,20-21,27,31H,10,12-13H2,1-2H3,(H3,26,28,29,30)/t20-,21+/m0/s1. The van der Waals surface area contributed by atoms with E-state index in [0.717, 1.165) is 17.4 Å². The van der Waals surface area contributed by atoms with Gasteiger partial charge in [0.05, 0.1) is 19.3 Å². The van der Waals surface area contributed by atoms with Crippen LogP contribution < -0.4 is 21.1 Å². The Morgan fingerprint density at radius 2 is 1.81 bits per heavy atom.